The topological polar surface area (TPSA) is 56.7 Å². The van der Waals surface area contributed by atoms with E-state index in [0.717, 1.165) is 21.2 Å². The second-order valence-corrected chi connectivity index (χ2v) is 5.08. The summed E-state index contributed by atoms with van der Waals surface area (Å²) in [6, 6.07) is 8.10. The number of rotatable bonds is 3. The molecule has 0 atom stereocenters. The summed E-state index contributed by atoms with van der Waals surface area (Å²) < 4.78 is 2.60. The van der Waals surface area contributed by atoms with Crippen LogP contribution in [-0.4, -0.2) is 14.9 Å². The van der Waals surface area contributed by atoms with Gasteiger partial charge in [-0.3, -0.25) is 0 Å². The van der Waals surface area contributed by atoms with Gasteiger partial charge in [0.25, 0.3) is 0 Å². The number of hydrogen-bond acceptors (Lipinski definition) is 4. The van der Waals surface area contributed by atoms with Crippen LogP contribution >= 0.6 is 27.7 Å². The molecule has 0 aliphatic rings. The Kier molecular flexibility index (Phi) is 3.50. The quantitative estimate of drug-likeness (QED) is 0.698. The molecule has 0 saturated heterocycles. The zero-order chi connectivity index (χ0) is 11.5. The summed E-state index contributed by atoms with van der Waals surface area (Å²) in [5.74, 6) is 7.30. The van der Waals surface area contributed by atoms with E-state index in [9.17, 15) is 0 Å². The van der Waals surface area contributed by atoms with Crippen LogP contribution in [0.5, 0.6) is 0 Å². The van der Waals surface area contributed by atoms with Crippen molar-refractivity contribution in [2.24, 2.45) is 0 Å². The van der Waals surface area contributed by atoms with E-state index in [1.165, 1.54) is 10.2 Å². The molecule has 0 amide bonds. The van der Waals surface area contributed by atoms with Gasteiger partial charge in [-0.05, 0) is 18.6 Å². The maximum absolute atomic E-state index is 5.76. The fourth-order valence-corrected chi connectivity index (χ4v) is 2.72. The third-order valence-corrected chi connectivity index (χ3v) is 3.92. The highest BCUT2D eigenvalue weighted by molar-refractivity contribution is 9.10. The molecule has 2 rings (SSSR count). The number of halogens is 1. The number of aromatic nitrogens is 3. The first kappa shape index (κ1) is 11.5. The highest BCUT2D eigenvalue weighted by Gasteiger charge is 2.07. The summed E-state index contributed by atoms with van der Waals surface area (Å²) in [6.45, 7) is 1.83. The minimum atomic E-state index is 0.717. The van der Waals surface area contributed by atoms with Gasteiger partial charge in [-0.25, -0.2) is 4.68 Å². The smallest absolute Gasteiger partial charge is 0.210 e. The van der Waals surface area contributed by atoms with Crippen molar-refractivity contribution in [2.75, 3.05) is 5.84 Å². The van der Waals surface area contributed by atoms with Gasteiger partial charge in [-0.15, -0.1) is 10.2 Å². The first-order valence-corrected chi connectivity index (χ1v) is 6.49. The van der Waals surface area contributed by atoms with Gasteiger partial charge in [-0.1, -0.05) is 45.9 Å². The van der Waals surface area contributed by atoms with E-state index in [2.05, 4.69) is 32.2 Å². The first-order valence-electron chi connectivity index (χ1n) is 4.72. The summed E-state index contributed by atoms with van der Waals surface area (Å²) >= 11 is 5.08. The molecule has 1 aromatic heterocycles. The van der Waals surface area contributed by atoms with Gasteiger partial charge in [0.1, 0.15) is 5.82 Å². The van der Waals surface area contributed by atoms with Crippen LogP contribution in [0, 0.1) is 6.92 Å². The van der Waals surface area contributed by atoms with Crippen LogP contribution in [-0.2, 0) is 5.75 Å². The lowest BCUT2D eigenvalue weighted by Gasteiger charge is -2.03. The van der Waals surface area contributed by atoms with Gasteiger partial charge in [0.2, 0.25) is 5.16 Å². The molecule has 16 heavy (non-hydrogen) atoms. The monoisotopic (exact) mass is 298 g/mol. The number of aryl methyl sites for hydroxylation is 1. The lowest BCUT2D eigenvalue weighted by molar-refractivity contribution is 0.825. The van der Waals surface area contributed by atoms with Crippen molar-refractivity contribution in [1.29, 1.82) is 0 Å². The van der Waals surface area contributed by atoms with E-state index in [1.54, 1.807) is 11.8 Å². The average Bonchev–Trinajstić information content (AvgIpc) is 2.59. The fourth-order valence-electron chi connectivity index (χ4n) is 1.21. The molecule has 0 radical (unpaired) electrons. The van der Waals surface area contributed by atoms with E-state index in [0.29, 0.717) is 0 Å². The van der Waals surface area contributed by atoms with Crippen molar-refractivity contribution < 1.29 is 0 Å². The third kappa shape index (κ3) is 2.38. The van der Waals surface area contributed by atoms with Crippen molar-refractivity contribution >= 4 is 27.7 Å². The summed E-state index contributed by atoms with van der Waals surface area (Å²) in [5.41, 5.74) is 1.22. The van der Waals surface area contributed by atoms with E-state index >= 15 is 0 Å². The van der Waals surface area contributed by atoms with E-state index in [1.807, 2.05) is 25.1 Å². The molecule has 4 nitrogen and oxygen atoms in total. The molecule has 0 unspecified atom stereocenters. The molecule has 0 fully saturated rings. The van der Waals surface area contributed by atoms with Gasteiger partial charge >= 0.3 is 0 Å². The van der Waals surface area contributed by atoms with Gasteiger partial charge < -0.3 is 5.84 Å². The van der Waals surface area contributed by atoms with Crippen molar-refractivity contribution in [1.82, 2.24) is 14.9 Å². The molecule has 0 saturated carbocycles. The van der Waals surface area contributed by atoms with Crippen LogP contribution in [0.2, 0.25) is 0 Å². The third-order valence-electron chi connectivity index (χ3n) is 2.15. The van der Waals surface area contributed by atoms with Gasteiger partial charge in [0.05, 0.1) is 0 Å². The minimum absolute atomic E-state index is 0.717. The van der Waals surface area contributed by atoms with E-state index < -0.39 is 0 Å². The van der Waals surface area contributed by atoms with Crippen LogP contribution in [0.1, 0.15) is 11.4 Å². The van der Waals surface area contributed by atoms with Gasteiger partial charge in [0.15, 0.2) is 0 Å². The fraction of sp³-hybridized carbons (Fsp3) is 0.200. The SMILES string of the molecule is Cc1nnc(SCc2ccccc2Br)n1N. The van der Waals surface area contributed by atoms with Crippen LogP contribution in [0.4, 0.5) is 0 Å². The van der Waals surface area contributed by atoms with Gasteiger partial charge in [0, 0.05) is 10.2 Å². The number of nitrogens with zero attached hydrogens (tertiary/aromatic N) is 3. The number of thioether (sulfide) groups is 1. The maximum Gasteiger partial charge on any atom is 0.210 e. The van der Waals surface area contributed by atoms with E-state index in [-0.39, 0.29) is 0 Å². The highest BCUT2D eigenvalue weighted by atomic mass is 79.9. The lowest BCUT2D eigenvalue weighted by Crippen LogP contribution is -2.11. The standard InChI is InChI=1S/C10H11BrN4S/c1-7-13-14-10(15(7)12)16-6-8-4-2-3-5-9(8)11/h2-5H,6,12H2,1H3. The molecular weight excluding hydrogens is 288 g/mol. The molecule has 1 aromatic carbocycles. The van der Waals surface area contributed by atoms with Crippen molar-refractivity contribution in [2.45, 2.75) is 17.8 Å². The molecule has 1 heterocycles. The van der Waals surface area contributed by atoms with Crippen LogP contribution < -0.4 is 5.84 Å². The molecule has 2 N–H and O–H groups in total. The number of nitrogens with two attached hydrogens (primary N) is 1. The average molecular weight is 299 g/mol. The van der Waals surface area contributed by atoms with Gasteiger partial charge in [-0.2, -0.15) is 0 Å². The van der Waals surface area contributed by atoms with Crippen molar-refractivity contribution in [3.8, 4) is 0 Å². The molecule has 6 heteroatoms. The number of nitrogen functional groups attached to an aromatic ring is 1. The second-order valence-electron chi connectivity index (χ2n) is 3.28. The highest BCUT2D eigenvalue weighted by Crippen LogP contribution is 2.25. The Morgan fingerprint density at radius 1 is 1.38 bits per heavy atom. The maximum atomic E-state index is 5.76. The predicted molar refractivity (Wildman–Crippen MR) is 68.6 cm³/mol. The summed E-state index contributed by atoms with van der Waals surface area (Å²) in [5, 5.41) is 8.63. The lowest BCUT2D eigenvalue weighted by atomic mass is 10.2. The zero-order valence-corrected chi connectivity index (χ0v) is 11.1. The Morgan fingerprint density at radius 2 is 2.12 bits per heavy atom. The Balaban J connectivity index is 2.08. The largest absolute Gasteiger partial charge is 0.336 e. The van der Waals surface area contributed by atoms with Crippen molar-refractivity contribution in [3.05, 3.63) is 40.1 Å². The Morgan fingerprint density at radius 3 is 2.75 bits per heavy atom. The van der Waals surface area contributed by atoms with Crippen LogP contribution in [0.15, 0.2) is 33.9 Å². The van der Waals surface area contributed by atoms with Crippen LogP contribution in [0.3, 0.4) is 0 Å². The molecular formula is C10H11BrN4S. The van der Waals surface area contributed by atoms with Crippen molar-refractivity contribution in [3.63, 3.8) is 0 Å². The van der Waals surface area contributed by atoms with Crippen LogP contribution in [0.25, 0.3) is 0 Å². The van der Waals surface area contributed by atoms with E-state index in [4.69, 9.17) is 5.84 Å². The molecule has 0 aliphatic carbocycles. The molecule has 0 aliphatic heterocycles. The summed E-state index contributed by atoms with van der Waals surface area (Å²) in [7, 11) is 0. The zero-order valence-electron chi connectivity index (χ0n) is 8.72. The summed E-state index contributed by atoms with van der Waals surface area (Å²) in [4.78, 5) is 0. The molecule has 2 aromatic rings. The normalized spacial score (nSPS) is 10.6. The minimum Gasteiger partial charge on any atom is -0.336 e. The Hall–Kier alpha value is -1.01. The number of hydrogen-bond donors (Lipinski definition) is 1. The second kappa shape index (κ2) is 4.88. The molecule has 0 spiro atoms. The Bertz CT molecular complexity index is 497. The first-order chi connectivity index (χ1) is 7.68. The predicted octanol–water partition coefficient (Wildman–Crippen LogP) is 2.36. The molecule has 84 valence electrons. The Labute approximate surface area is 106 Å². The number of benzene rings is 1. The summed E-state index contributed by atoms with van der Waals surface area (Å²) in [6.07, 6.45) is 0. The molecule has 0 bridgehead atoms.